The fraction of sp³-hybridized carbons (Fsp3) is 0.429. The Morgan fingerprint density at radius 3 is 2.17 bits per heavy atom. The van der Waals surface area contributed by atoms with Crippen LogP contribution in [0.5, 0.6) is 5.75 Å². The molecule has 0 atom stereocenters. The van der Waals surface area contributed by atoms with Crippen molar-refractivity contribution in [1.82, 2.24) is 0 Å². The predicted molar refractivity (Wildman–Crippen MR) is 80.7 cm³/mol. The fourth-order valence-electron chi connectivity index (χ4n) is 2.00. The first-order valence-corrected chi connectivity index (χ1v) is 7.17. The Bertz CT molecular complexity index is 644. The second kappa shape index (κ2) is 9.18. The van der Waals surface area contributed by atoms with E-state index >= 15 is 0 Å². The smallest absolute Gasteiger partial charge is 0.388 e. The van der Waals surface area contributed by atoms with Gasteiger partial charge in [-0.15, -0.1) is 0 Å². The molecule has 0 spiro atoms. The highest BCUT2D eigenvalue weighted by Crippen LogP contribution is 2.36. The van der Waals surface area contributed by atoms with Crippen LogP contribution in [0.15, 0.2) is 18.2 Å². The van der Waals surface area contributed by atoms with Crippen LogP contribution in [-0.2, 0) is 9.59 Å². The predicted octanol–water partition coefficient (Wildman–Crippen LogP) is 2.83. The Labute approximate surface area is 136 Å². The number of hydrogen-bond acceptors (Lipinski definition) is 7. The molecule has 0 amide bonds. The molecule has 1 aromatic rings. The Kier molecular flexibility index (Phi) is 7.27. The number of nitro benzene ring substituents is 2. The first-order chi connectivity index (χ1) is 11.3. The van der Waals surface area contributed by atoms with E-state index in [1.807, 2.05) is 0 Å². The Morgan fingerprint density at radius 2 is 1.62 bits per heavy atom. The number of para-hydroxylation sites is 1. The van der Waals surface area contributed by atoms with Gasteiger partial charge in [0, 0.05) is 18.9 Å². The molecule has 0 unspecified atom stereocenters. The zero-order valence-corrected chi connectivity index (χ0v) is 12.7. The van der Waals surface area contributed by atoms with Crippen LogP contribution in [0.4, 0.5) is 11.4 Å². The molecule has 0 bridgehead atoms. The van der Waals surface area contributed by atoms with Crippen molar-refractivity contribution in [3.8, 4) is 5.75 Å². The van der Waals surface area contributed by atoms with Crippen molar-refractivity contribution in [1.29, 1.82) is 0 Å². The second-order valence-electron chi connectivity index (χ2n) is 4.92. The summed E-state index contributed by atoms with van der Waals surface area (Å²) in [5.74, 6) is -2.09. The number of carbonyl (C=O) groups is 2. The van der Waals surface area contributed by atoms with Crippen molar-refractivity contribution in [2.24, 2.45) is 0 Å². The van der Waals surface area contributed by atoms with Crippen LogP contribution in [0, 0.1) is 20.2 Å². The molecule has 10 heteroatoms. The van der Waals surface area contributed by atoms with Gasteiger partial charge in [0.15, 0.2) is 0 Å². The van der Waals surface area contributed by atoms with Crippen molar-refractivity contribution < 1.29 is 29.3 Å². The highest BCUT2D eigenvalue weighted by Gasteiger charge is 2.30. The minimum atomic E-state index is -0.966. The standard InChI is InChI=1S/C14H16N2O8/c17-12(18)8-3-1-2-4-9-13(19)24-11-7-5-6-10(15(20)21)14(11)16(22)23/h5-7H,1-4,8-9H2,(H,17,18). The third-order valence-corrected chi connectivity index (χ3v) is 3.10. The molecule has 0 aromatic heterocycles. The van der Waals surface area contributed by atoms with Gasteiger partial charge in [-0.05, 0) is 18.9 Å². The Hall–Kier alpha value is -3.04. The molecule has 0 saturated carbocycles. The molecule has 0 aliphatic rings. The number of carbonyl (C=O) groups excluding carboxylic acids is 1. The average Bonchev–Trinajstić information content (AvgIpc) is 2.49. The van der Waals surface area contributed by atoms with Crippen molar-refractivity contribution in [3.05, 3.63) is 38.4 Å². The molecule has 0 radical (unpaired) electrons. The van der Waals surface area contributed by atoms with Crippen LogP contribution in [-0.4, -0.2) is 26.9 Å². The molecular weight excluding hydrogens is 324 g/mol. The zero-order chi connectivity index (χ0) is 18.1. The molecule has 130 valence electrons. The first-order valence-electron chi connectivity index (χ1n) is 7.17. The number of carboxylic acids is 1. The number of rotatable bonds is 10. The summed E-state index contributed by atoms with van der Waals surface area (Å²) in [6.07, 6.45) is 2.22. The lowest BCUT2D eigenvalue weighted by molar-refractivity contribution is -0.423. The molecule has 0 aliphatic carbocycles. The molecule has 0 saturated heterocycles. The minimum absolute atomic E-state index is 0.0209. The van der Waals surface area contributed by atoms with Crippen LogP contribution in [0.25, 0.3) is 0 Å². The van der Waals surface area contributed by atoms with Crippen molar-refractivity contribution >= 4 is 23.3 Å². The van der Waals surface area contributed by atoms with Gasteiger partial charge in [0.05, 0.1) is 9.85 Å². The average molecular weight is 340 g/mol. The highest BCUT2D eigenvalue weighted by atomic mass is 16.6. The number of hydrogen-bond donors (Lipinski definition) is 1. The third-order valence-electron chi connectivity index (χ3n) is 3.10. The maximum Gasteiger partial charge on any atom is 0.388 e. The summed E-state index contributed by atoms with van der Waals surface area (Å²) in [5.41, 5.74) is -1.61. The monoisotopic (exact) mass is 340 g/mol. The van der Waals surface area contributed by atoms with Crippen molar-refractivity contribution in [2.45, 2.75) is 38.5 Å². The number of nitro groups is 2. The number of esters is 1. The van der Waals surface area contributed by atoms with E-state index in [0.717, 1.165) is 12.1 Å². The van der Waals surface area contributed by atoms with Crippen LogP contribution in [0.1, 0.15) is 38.5 Å². The molecule has 1 rings (SSSR count). The number of nitrogens with zero attached hydrogens (tertiary/aromatic N) is 2. The summed E-state index contributed by atoms with van der Waals surface area (Å²) in [6.45, 7) is 0. The highest BCUT2D eigenvalue weighted by molar-refractivity contribution is 5.75. The largest absolute Gasteiger partial charge is 0.481 e. The number of ether oxygens (including phenoxy) is 1. The van der Waals surface area contributed by atoms with Crippen LogP contribution >= 0.6 is 0 Å². The molecule has 10 nitrogen and oxygen atoms in total. The van der Waals surface area contributed by atoms with Gasteiger partial charge in [-0.3, -0.25) is 29.8 Å². The van der Waals surface area contributed by atoms with E-state index in [2.05, 4.69) is 0 Å². The summed E-state index contributed by atoms with van der Waals surface area (Å²) < 4.78 is 4.86. The lowest BCUT2D eigenvalue weighted by Crippen LogP contribution is -2.10. The van der Waals surface area contributed by atoms with Gasteiger partial charge < -0.3 is 9.84 Å². The van der Waals surface area contributed by atoms with E-state index in [1.54, 1.807) is 0 Å². The summed E-state index contributed by atoms with van der Waals surface area (Å²) in [7, 11) is 0. The topological polar surface area (TPSA) is 150 Å². The lowest BCUT2D eigenvalue weighted by Gasteiger charge is -2.05. The summed E-state index contributed by atoms with van der Waals surface area (Å²) in [6, 6.07) is 3.27. The van der Waals surface area contributed by atoms with E-state index < -0.39 is 38.9 Å². The summed E-state index contributed by atoms with van der Waals surface area (Å²) >= 11 is 0. The van der Waals surface area contributed by atoms with Gasteiger partial charge in [-0.25, -0.2) is 0 Å². The molecule has 0 aliphatic heterocycles. The minimum Gasteiger partial charge on any atom is -0.481 e. The van der Waals surface area contributed by atoms with E-state index in [1.165, 1.54) is 6.07 Å². The molecule has 1 aromatic carbocycles. The Balaban J connectivity index is 2.58. The van der Waals surface area contributed by atoms with Crippen molar-refractivity contribution in [2.75, 3.05) is 0 Å². The first kappa shape index (κ1) is 19.0. The molecule has 1 N–H and O–H groups in total. The van der Waals surface area contributed by atoms with Gasteiger partial charge in [0.1, 0.15) is 0 Å². The lowest BCUT2D eigenvalue weighted by atomic mass is 10.1. The molecule has 0 heterocycles. The van der Waals surface area contributed by atoms with Gasteiger partial charge >= 0.3 is 23.3 Å². The number of carboxylic acid groups (broad SMARTS) is 1. The summed E-state index contributed by atoms with van der Waals surface area (Å²) in [4.78, 5) is 41.9. The molecule has 24 heavy (non-hydrogen) atoms. The normalized spacial score (nSPS) is 10.2. The second-order valence-corrected chi connectivity index (χ2v) is 4.92. The maximum absolute atomic E-state index is 11.7. The van der Waals surface area contributed by atoms with E-state index in [0.29, 0.717) is 25.7 Å². The maximum atomic E-state index is 11.7. The summed E-state index contributed by atoms with van der Waals surface area (Å²) in [5, 5.41) is 30.3. The third kappa shape index (κ3) is 5.99. The van der Waals surface area contributed by atoms with Crippen LogP contribution in [0.2, 0.25) is 0 Å². The van der Waals surface area contributed by atoms with Gasteiger partial charge in [-0.1, -0.05) is 18.9 Å². The number of aliphatic carboxylic acids is 1. The van der Waals surface area contributed by atoms with Crippen LogP contribution < -0.4 is 4.74 Å². The van der Waals surface area contributed by atoms with Gasteiger partial charge in [0.25, 0.3) is 0 Å². The zero-order valence-electron chi connectivity index (χ0n) is 12.7. The van der Waals surface area contributed by atoms with E-state index in [4.69, 9.17) is 9.84 Å². The quantitative estimate of drug-likeness (QED) is 0.224. The van der Waals surface area contributed by atoms with Crippen LogP contribution in [0.3, 0.4) is 0 Å². The van der Waals surface area contributed by atoms with E-state index in [9.17, 15) is 29.8 Å². The van der Waals surface area contributed by atoms with Crippen molar-refractivity contribution in [3.63, 3.8) is 0 Å². The van der Waals surface area contributed by atoms with E-state index in [-0.39, 0.29) is 12.8 Å². The SMILES string of the molecule is O=C(O)CCCCCCC(=O)Oc1cccc([N+](=O)[O-])c1[N+](=O)[O-]. The molecular formula is C14H16N2O8. The number of unbranched alkanes of at least 4 members (excludes halogenated alkanes) is 3. The fourth-order valence-corrected chi connectivity index (χ4v) is 2.00. The van der Waals surface area contributed by atoms with Gasteiger partial charge in [-0.2, -0.15) is 0 Å². The van der Waals surface area contributed by atoms with Gasteiger partial charge in [0.2, 0.25) is 5.75 Å². The molecule has 0 fully saturated rings. The number of benzene rings is 1. The Morgan fingerprint density at radius 1 is 1.00 bits per heavy atom.